The second-order valence-electron chi connectivity index (χ2n) is 5.79. The van der Waals surface area contributed by atoms with Crippen molar-refractivity contribution in [3.8, 4) is 5.88 Å². The van der Waals surface area contributed by atoms with Crippen LogP contribution in [0.15, 0.2) is 12.3 Å². The molecule has 1 aliphatic heterocycles. The Balaban J connectivity index is 1.85. The van der Waals surface area contributed by atoms with E-state index in [2.05, 4.69) is 27.1 Å². The molecule has 1 aromatic heterocycles. The van der Waals surface area contributed by atoms with Crippen LogP contribution in [0.3, 0.4) is 0 Å². The number of aromatic nitrogens is 2. The van der Waals surface area contributed by atoms with Gasteiger partial charge in [0.1, 0.15) is 0 Å². The van der Waals surface area contributed by atoms with Gasteiger partial charge in [0, 0.05) is 24.8 Å². The maximum atomic E-state index is 5.58. The lowest BCUT2D eigenvalue weighted by atomic mass is 10.1. The van der Waals surface area contributed by atoms with Crippen molar-refractivity contribution >= 4 is 5.95 Å². The third kappa shape index (κ3) is 4.96. The van der Waals surface area contributed by atoms with Crippen molar-refractivity contribution in [3.05, 3.63) is 12.3 Å². The second-order valence-corrected chi connectivity index (χ2v) is 5.79. The van der Waals surface area contributed by atoms with Gasteiger partial charge >= 0.3 is 0 Å². The number of ether oxygens (including phenoxy) is 1. The molecule has 20 heavy (non-hydrogen) atoms. The van der Waals surface area contributed by atoms with Crippen molar-refractivity contribution in [2.24, 2.45) is 0 Å². The van der Waals surface area contributed by atoms with E-state index in [4.69, 9.17) is 4.74 Å². The van der Waals surface area contributed by atoms with Crippen molar-refractivity contribution in [2.75, 3.05) is 25.0 Å². The number of anilines is 1. The molecule has 0 aromatic carbocycles. The highest BCUT2D eigenvalue weighted by molar-refractivity contribution is 5.28. The number of nitrogens with zero attached hydrogens (tertiary/aromatic N) is 3. The van der Waals surface area contributed by atoms with Gasteiger partial charge < -0.3 is 15.0 Å². The molecule has 2 rings (SSSR count). The molecule has 0 spiro atoms. The summed E-state index contributed by atoms with van der Waals surface area (Å²) in [5.74, 6) is 1.27. The number of hydrogen-bond donors (Lipinski definition) is 1. The van der Waals surface area contributed by atoms with E-state index in [0.717, 1.165) is 6.54 Å². The molecule has 5 heteroatoms. The smallest absolute Gasteiger partial charge is 0.226 e. The molecule has 1 saturated heterocycles. The number of likely N-dealkylation sites (tertiary alicyclic amines) is 1. The van der Waals surface area contributed by atoms with Crippen molar-refractivity contribution in [1.82, 2.24) is 14.9 Å². The standard InChI is InChI=1S/C15H26N4O/c1-12(2)20-14-7-8-16-15(18-14)17-13(3)11-19-9-5-4-6-10-19/h7-8,12-13H,4-6,9-11H2,1-3H3,(H,16,17,18). The van der Waals surface area contributed by atoms with E-state index < -0.39 is 0 Å². The van der Waals surface area contributed by atoms with Crippen LogP contribution < -0.4 is 10.1 Å². The minimum atomic E-state index is 0.128. The van der Waals surface area contributed by atoms with E-state index in [1.54, 1.807) is 12.3 Å². The van der Waals surface area contributed by atoms with Gasteiger partial charge in [-0.1, -0.05) is 6.42 Å². The monoisotopic (exact) mass is 278 g/mol. The molecule has 0 amide bonds. The molecular weight excluding hydrogens is 252 g/mol. The van der Waals surface area contributed by atoms with Gasteiger partial charge in [-0.3, -0.25) is 0 Å². The minimum Gasteiger partial charge on any atom is -0.475 e. The quantitative estimate of drug-likeness (QED) is 0.866. The molecule has 0 saturated carbocycles. The number of nitrogens with one attached hydrogen (secondary N) is 1. The number of piperidine rings is 1. The Morgan fingerprint density at radius 1 is 1.25 bits per heavy atom. The molecular formula is C15H26N4O. The Bertz CT molecular complexity index is 405. The summed E-state index contributed by atoms with van der Waals surface area (Å²) in [4.78, 5) is 11.2. The van der Waals surface area contributed by atoms with Gasteiger partial charge in [-0.25, -0.2) is 4.98 Å². The first kappa shape index (κ1) is 15.0. The van der Waals surface area contributed by atoms with Crippen LogP contribution in [-0.4, -0.2) is 46.6 Å². The molecule has 1 unspecified atom stereocenters. The lowest BCUT2D eigenvalue weighted by Gasteiger charge is -2.29. The topological polar surface area (TPSA) is 50.3 Å². The Labute approximate surface area is 121 Å². The van der Waals surface area contributed by atoms with E-state index in [0.29, 0.717) is 17.9 Å². The summed E-state index contributed by atoms with van der Waals surface area (Å²) in [6.45, 7) is 9.63. The Morgan fingerprint density at radius 3 is 2.70 bits per heavy atom. The average molecular weight is 278 g/mol. The molecule has 0 radical (unpaired) electrons. The van der Waals surface area contributed by atoms with Crippen LogP contribution >= 0.6 is 0 Å². The zero-order chi connectivity index (χ0) is 14.4. The van der Waals surface area contributed by atoms with Gasteiger partial charge in [0.2, 0.25) is 11.8 Å². The van der Waals surface area contributed by atoms with Crippen molar-refractivity contribution in [2.45, 2.75) is 52.2 Å². The van der Waals surface area contributed by atoms with Crippen molar-refractivity contribution in [3.63, 3.8) is 0 Å². The molecule has 1 atom stereocenters. The van der Waals surface area contributed by atoms with Crippen molar-refractivity contribution in [1.29, 1.82) is 0 Å². The van der Waals surface area contributed by atoms with Gasteiger partial charge in [0.15, 0.2) is 0 Å². The number of hydrogen-bond acceptors (Lipinski definition) is 5. The molecule has 1 aromatic rings. The Hall–Kier alpha value is -1.36. The summed E-state index contributed by atoms with van der Waals surface area (Å²) < 4.78 is 5.58. The Morgan fingerprint density at radius 2 is 2.00 bits per heavy atom. The first-order chi connectivity index (χ1) is 9.63. The van der Waals surface area contributed by atoms with Crippen LogP contribution in [0.2, 0.25) is 0 Å². The summed E-state index contributed by atoms with van der Waals surface area (Å²) in [5.41, 5.74) is 0. The van der Waals surface area contributed by atoms with Crippen LogP contribution in [0.5, 0.6) is 5.88 Å². The molecule has 5 nitrogen and oxygen atoms in total. The van der Waals surface area contributed by atoms with E-state index >= 15 is 0 Å². The predicted molar refractivity (Wildman–Crippen MR) is 81.2 cm³/mol. The highest BCUT2D eigenvalue weighted by atomic mass is 16.5. The molecule has 2 heterocycles. The molecule has 1 N–H and O–H groups in total. The van der Waals surface area contributed by atoms with E-state index in [1.807, 2.05) is 13.8 Å². The fourth-order valence-electron chi connectivity index (χ4n) is 2.51. The zero-order valence-electron chi connectivity index (χ0n) is 12.8. The third-order valence-electron chi connectivity index (χ3n) is 3.34. The van der Waals surface area contributed by atoms with Crippen LogP contribution in [0.4, 0.5) is 5.95 Å². The fourth-order valence-corrected chi connectivity index (χ4v) is 2.51. The van der Waals surface area contributed by atoms with Crippen LogP contribution in [0.1, 0.15) is 40.0 Å². The molecule has 1 fully saturated rings. The van der Waals surface area contributed by atoms with Gasteiger partial charge in [0.25, 0.3) is 0 Å². The predicted octanol–water partition coefficient (Wildman–Crippen LogP) is 2.55. The third-order valence-corrected chi connectivity index (χ3v) is 3.34. The summed E-state index contributed by atoms with van der Waals surface area (Å²) in [7, 11) is 0. The molecule has 112 valence electrons. The van der Waals surface area contributed by atoms with E-state index in [9.17, 15) is 0 Å². The lowest BCUT2D eigenvalue weighted by Crippen LogP contribution is -2.38. The fraction of sp³-hybridized carbons (Fsp3) is 0.733. The molecule has 0 bridgehead atoms. The van der Waals surface area contributed by atoms with E-state index in [-0.39, 0.29) is 6.10 Å². The number of rotatable bonds is 6. The minimum absolute atomic E-state index is 0.128. The summed E-state index contributed by atoms with van der Waals surface area (Å²) >= 11 is 0. The van der Waals surface area contributed by atoms with Gasteiger partial charge in [-0.15, -0.1) is 0 Å². The summed E-state index contributed by atoms with van der Waals surface area (Å²) in [6.07, 6.45) is 5.88. The van der Waals surface area contributed by atoms with E-state index in [1.165, 1.54) is 32.4 Å². The maximum Gasteiger partial charge on any atom is 0.226 e. The highest BCUT2D eigenvalue weighted by Crippen LogP contribution is 2.13. The normalized spacial score (nSPS) is 18.0. The summed E-state index contributed by atoms with van der Waals surface area (Å²) in [6, 6.07) is 2.13. The first-order valence-electron chi connectivity index (χ1n) is 7.62. The van der Waals surface area contributed by atoms with Crippen LogP contribution in [0, 0.1) is 0 Å². The molecule has 1 aliphatic rings. The average Bonchev–Trinajstić information content (AvgIpc) is 2.39. The van der Waals surface area contributed by atoms with Crippen LogP contribution in [-0.2, 0) is 0 Å². The Kier molecular flexibility index (Phi) is 5.59. The summed E-state index contributed by atoms with van der Waals surface area (Å²) in [5, 5.41) is 3.36. The van der Waals surface area contributed by atoms with Gasteiger partial charge in [-0.2, -0.15) is 4.98 Å². The van der Waals surface area contributed by atoms with Gasteiger partial charge in [-0.05, 0) is 46.7 Å². The lowest BCUT2D eigenvalue weighted by molar-refractivity contribution is 0.222. The first-order valence-corrected chi connectivity index (χ1v) is 7.62. The van der Waals surface area contributed by atoms with Crippen molar-refractivity contribution < 1.29 is 4.74 Å². The SMILES string of the molecule is CC(CN1CCCCC1)Nc1nccc(OC(C)C)n1. The second kappa shape index (κ2) is 7.43. The molecule has 0 aliphatic carbocycles. The largest absolute Gasteiger partial charge is 0.475 e. The van der Waals surface area contributed by atoms with Crippen LogP contribution in [0.25, 0.3) is 0 Å². The van der Waals surface area contributed by atoms with Gasteiger partial charge in [0.05, 0.1) is 6.10 Å². The highest BCUT2D eigenvalue weighted by Gasteiger charge is 2.14. The maximum absolute atomic E-state index is 5.58. The zero-order valence-corrected chi connectivity index (χ0v) is 12.8.